The van der Waals surface area contributed by atoms with Crippen molar-refractivity contribution in [2.24, 2.45) is 5.92 Å². The molecular formula is C12H18N2OS. The molecule has 1 aliphatic heterocycles. The average Bonchev–Trinajstić information content (AvgIpc) is 3.07. The smallest absolute Gasteiger partial charge is 0.0858 e. The zero-order valence-corrected chi connectivity index (χ0v) is 10.3. The summed E-state index contributed by atoms with van der Waals surface area (Å²) >= 11 is 4.39. The summed E-state index contributed by atoms with van der Waals surface area (Å²) in [5, 5.41) is 4.42. The van der Waals surface area contributed by atoms with Crippen LogP contribution in [0.4, 0.5) is 0 Å². The maximum absolute atomic E-state index is 5.82. The van der Waals surface area contributed by atoms with Gasteiger partial charge in [0.1, 0.15) is 0 Å². The quantitative estimate of drug-likeness (QED) is 0.820. The second-order valence-corrected chi connectivity index (χ2v) is 5.28. The van der Waals surface area contributed by atoms with Crippen molar-refractivity contribution in [3.8, 4) is 0 Å². The van der Waals surface area contributed by atoms with E-state index in [1.165, 1.54) is 18.4 Å². The fourth-order valence-corrected chi connectivity index (χ4v) is 2.65. The molecular weight excluding hydrogens is 220 g/mol. The molecule has 1 aromatic heterocycles. The first kappa shape index (κ1) is 10.7. The van der Waals surface area contributed by atoms with E-state index in [-0.39, 0.29) is 6.10 Å². The van der Waals surface area contributed by atoms with E-state index >= 15 is 0 Å². The van der Waals surface area contributed by atoms with Crippen LogP contribution < -0.4 is 0 Å². The van der Waals surface area contributed by atoms with Gasteiger partial charge in [-0.25, -0.2) is 0 Å². The van der Waals surface area contributed by atoms with Crippen molar-refractivity contribution < 1.29 is 4.74 Å². The molecule has 2 atom stereocenters. The van der Waals surface area contributed by atoms with Crippen LogP contribution in [0.15, 0.2) is 12.4 Å². The third-order valence-electron chi connectivity index (χ3n) is 3.57. The Bertz CT molecular complexity index is 362. The molecule has 0 spiro atoms. The second kappa shape index (κ2) is 4.41. The van der Waals surface area contributed by atoms with E-state index in [2.05, 4.69) is 28.6 Å². The van der Waals surface area contributed by atoms with Gasteiger partial charge >= 0.3 is 0 Å². The minimum Gasteiger partial charge on any atom is -0.373 e. The maximum atomic E-state index is 5.82. The molecule has 1 aliphatic carbocycles. The van der Waals surface area contributed by atoms with Crippen molar-refractivity contribution >= 4 is 12.6 Å². The van der Waals surface area contributed by atoms with E-state index in [1.54, 1.807) is 0 Å². The fourth-order valence-electron chi connectivity index (χ4n) is 2.32. The number of ether oxygens (including phenoxy) is 1. The van der Waals surface area contributed by atoms with Crippen LogP contribution >= 0.6 is 12.6 Å². The van der Waals surface area contributed by atoms with Crippen LogP contribution in [-0.4, -0.2) is 22.1 Å². The number of thiol groups is 1. The third kappa shape index (κ3) is 2.13. The van der Waals surface area contributed by atoms with Gasteiger partial charge in [-0.3, -0.25) is 4.68 Å². The van der Waals surface area contributed by atoms with E-state index in [4.69, 9.17) is 4.74 Å². The number of rotatable bonds is 3. The van der Waals surface area contributed by atoms with Gasteiger partial charge in [-0.1, -0.05) is 0 Å². The summed E-state index contributed by atoms with van der Waals surface area (Å²) in [6, 6.07) is 0.665. The zero-order chi connectivity index (χ0) is 11.0. The summed E-state index contributed by atoms with van der Waals surface area (Å²) in [4.78, 5) is 0. The molecule has 4 heteroatoms. The van der Waals surface area contributed by atoms with Crippen molar-refractivity contribution in [3.63, 3.8) is 0 Å². The molecule has 3 rings (SSSR count). The summed E-state index contributed by atoms with van der Waals surface area (Å²) in [7, 11) is 0. The largest absolute Gasteiger partial charge is 0.373 e. The van der Waals surface area contributed by atoms with E-state index in [0.29, 0.717) is 12.0 Å². The highest BCUT2D eigenvalue weighted by atomic mass is 32.1. The van der Waals surface area contributed by atoms with Crippen molar-refractivity contribution in [3.05, 3.63) is 18.0 Å². The lowest BCUT2D eigenvalue weighted by Crippen LogP contribution is -2.20. The van der Waals surface area contributed by atoms with Gasteiger partial charge in [0, 0.05) is 18.4 Å². The first-order chi connectivity index (χ1) is 7.86. The Morgan fingerprint density at radius 2 is 2.31 bits per heavy atom. The molecule has 1 saturated heterocycles. The van der Waals surface area contributed by atoms with E-state index in [0.717, 1.165) is 25.2 Å². The molecule has 1 saturated carbocycles. The summed E-state index contributed by atoms with van der Waals surface area (Å²) < 4.78 is 7.92. The monoisotopic (exact) mass is 238 g/mol. The molecule has 2 heterocycles. The molecule has 2 unspecified atom stereocenters. The Balaban J connectivity index is 1.70. The van der Waals surface area contributed by atoms with Crippen LogP contribution in [0, 0.1) is 5.92 Å². The first-order valence-corrected chi connectivity index (χ1v) is 6.76. The highest BCUT2D eigenvalue weighted by molar-refractivity contribution is 7.80. The van der Waals surface area contributed by atoms with Crippen molar-refractivity contribution in [1.29, 1.82) is 0 Å². The Morgan fingerprint density at radius 1 is 1.44 bits per heavy atom. The van der Waals surface area contributed by atoms with Crippen LogP contribution in [0.1, 0.15) is 43.4 Å². The molecule has 0 amide bonds. The lowest BCUT2D eigenvalue weighted by Gasteiger charge is -2.27. The molecule has 16 heavy (non-hydrogen) atoms. The predicted octanol–water partition coefficient (Wildman–Crippen LogP) is 2.62. The van der Waals surface area contributed by atoms with Crippen molar-refractivity contribution in [2.75, 3.05) is 12.4 Å². The fraction of sp³-hybridized carbons (Fsp3) is 0.750. The lowest BCUT2D eigenvalue weighted by atomic mass is 9.95. The van der Waals surface area contributed by atoms with Crippen LogP contribution in [0.3, 0.4) is 0 Å². The molecule has 0 radical (unpaired) electrons. The SMILES string of the molecule is SCC1CCOC(c2cnn(C3CC3)c2)C1. The van der Waals surface area contributed by atoms with E-state index in [9.17, 15) is 0 Å². The van der Waals surface area contributed by atoms with Gasteiger partial charge in [0.25, 0.3) is 0 Å². The number of aromatic nitrogens is 2. The number of hydrogen-bond donors (Lipinski definition) is 1. The van der Waals surface area contributed by atoms with Gasteiger partial charge in [-0.05, 0) is 37.4 Å². The number of hydrogen-bond acceptors (Lipinski definition) is 3. The Labute approximate surface area is 102 Å². The molecule has 88 valence electrons. The van der Waals surface area contributed by atoms with Crippen molar-refractivity contribution in [2.45, 2.75) is 37.8 Å². The summed E-state index contributed by atoms with van der Waals surface area (Å²) in [5.41, 5.74) is 1.25. The highest BCUT2D eigenvalue weighted by Gasteiger charge is 2.27. The lowest BCUT2D eigenvalue weighted by molar-refractivity contribution is -0.00533. The van der Waals surface area contributed by atoms with Gasteiger partial charge in [-0.2, -0.15) is 17.7 Å². The highest BCUT2D eigenvalue weighted by Crippen LogP contribution is 2.36. The number of nitrogens with zero attached hydrogens (tertiary/aromatic N) is 2. The second-order valence-electron chi connectivity index (χ2n) is 4.92. The average molecular weight is 238 g/mol. The summed E-state index contributed by atoms with van der Waals surface area (Å²) in [5.74, 6) is 1.67. The first-order valence-electron chi connectivity index (χ1n) is 6.13. The van der Waals surface area contributed by atoms with Crippen LogP contribution in [0.2, 0.25) is 0 Å². The van der Waals surface area contributed by atoms with E-state index in [1.807, 2.05) is 6.20 Å². The van der Waals surface area contributed by atoms with E-state index < -0.39 is 0 Å². The van der Waals surface area contributed by atoms with Crippen LogP contribution in [0.5, 0.6) is 0 Å². The summed E-state index contributed by atoms with van der Waals surface area (Å²) in [6.45, 7) is 0.866. The minimum atomic E-state index is 0.249. The van der Waals surface area contributed by atoms with Gasteiger partial charge in [0.05, 0.1) is 18.3 Å². The zero-order valence-electron chi connectivity index (χ0n) is 9.38. The maximum Gasteiger partial charge on any atom is 0.0858 e. The molecule has 0 aromatic carbocycles. The Hall–Kier alpha value is -0.480. The molecule has 2 aliphatic rings. The van der Waals surface area contributed by atoms with Gasteiger partial charge < -0.3 is 4.74 Å². The normalized spacial score (nSPS) is 30.6. The molecule has 1 aromatic rings. The molecule has 3 nitrogen and oxygen atoms in total. The minimum absolute atomic E-state index is 0.249. The Morgan fingerprint density at radius 3 is 3.06 bits per heavy atom. The predicted molar refractivity (Wildman–Crippen MR) is 65.8 cm³/mol. The van der Waals surface area contributed by atoms with Gasteiger partial charge in [0.15, 0.2) is 0 Å². The van der Waals surface area contributed by atoms with Crippen LogP contribution in [0.25, 0.3) is 0 Å². The molecule has 0 bridgehead atoms. The topological polar surface area (TPSA) is 27.1 Å². The van der Waals surface area contributed by atoms with Gasteiger partial charge in [-0.15, -0.1) is 0 Å². The third-order valence-corrected chi connectivity index (χ3v) is 4.08. The van der Waals surface area contributed by atoms with Crippen molar-refractivity contribution in [1.82, 2.24) is 9.78 Å². The summed E-state index contributed by atoms with van der Waals surface area (Å²) in [6.07, 6.45) is 9.21. The molecule has 2 fully saturated rings. The standard InChI is InChI=1S/C12H18N2OS/c16-8-9-3-4-15-12(5-9)10-6-13-14(7-10)11-1-2-11/h6-7,9,11-12,16H,1-5,8H2. The molecule has 0 N–H and O–H groups in total. The van der Waals surface area contributed by atoms with Crippen LogP contribution in [-0.2, 0) is 4.74 Å². The Kier molecular flexibility index (Phi) is 2.94. The van der Waals surface area contributed by atoms with Gasteiger partial charge in [0.2, 0.25) is 0 Å².